The molecule has 20 heavy (non-hydrogen) atoms. The normalized spacial score (nSPS) is 19.8. The zero-order chi connectivity index (χ0) is 14.1. The average molecular weight is 278 g/mol. The van der Waals surface area contributed by atoms with Gasteiger partial charge in [-0.2, -0.15) is 0 Å². The van der Waals surface area contributed by atoms with Gasteiger partial charge < -0.3 is 19.7 Å². The van der Waals surface area contributed by atoms with Crippen LogP contribution >= 0.6 is 0 Å². The van der Waals surface area contributed by atoms with Gasteiger partial charge in [-0.1, -0.05) is 0 Å². The van der Waals surface area contributed by atoms with Gasteiger partial charge in [0, 0.05) is 33.1 Å². The molecule has 0 spiro atoms. The minimum atomic E-state index is 0.0441. The van der Waals surface area contributed by atoms with Crippen LogP contribution in [0.4, 0.5) is 4.79 Å². The summed E-state index contributed by atoms with van der Waals surface area (Å²) in [5, 5.41) is 12.1. The molecular weight excluding hydrogens is 256 g/mol. The number of hydrogen-bond donors (Lipinski definition) is 1. The third kappa shape index (κ3) is 2.37. The van der Waals surface area contributed by atoms with Gasteiger partial charge >= 0.3 is 6.03 Å². The van der Waals surface area contributed by atoms with Crippen molar-refractivity contribution in [1.82, 2.24) is 29.9 Å². The Morgan fingerprint density at radius 3 is 2.70 bits per heavy atom. The van der Waals surface area contributed by atoms with Gasteiger partial charge in [-0.15, -0.1) is 10.2 Å². The van der Waals surface area contributed by atoms with Crippen molar-refractivity contribution in [2.24, 2.45) is 0 Å². The van der Waals surface area contributed by atoms with E-state index in [1.165, 1.54) is 0 Å². The lowest BCUT2D eigenvalue weighted by Crippen LogP contribution is -2.44. The van der Waals surface area contributed by atoms with Gasteiger partial charge in [-0.05, 0) is 25.9 Å². The fraction of sp³-hybridized carbons (Fsp3) is 0.769. The molecule has 7 nitrogen and oxygen atoms in total. The van der Waals surface area contributed by atoms with Crippen LogP contribution in [0, 0.1) is 0 Å². The molecule has 3 heterocycles. The predicted octanol–water partition coefficient (Wildman–Crippen LogP) is 0.242. The van der Waals surface area contributed by atoms with E-state index in [9.17, 15) is 4.79 Å². The van der Waals surface area contributed by atoms with Crippen molar-refractivity contribution in [3.8, 4) is 0 Å². The SMILES string of the molecule is CN(C)C(=O)N1CCn2c(nnc2C2CCNCC2)C1. The summed E-state index contributed by atoms with van der Waals surface area (Å²) in [5.41, 5.74) is 0. The molecule has 1 saturated heterocycles. The Balaban J connectivity index is 1.76. The molecule has 0 saturated carbocycles. The van der Waals surface area contributed by atoms with Gasteiger partial charge in [0.1, 0.15) is 5.82 Å². The summed E-state index contributed by atoms with van der Waals surface area (Å²) < 4.78 is 2.22. The number of nitrogens with zero attached hydrogens (tertiary/aromatic N) is 5. The standard InChI is InChI=1S/C13H22N6O/c1-17(2)13(20)18-7-8-19-11(9-18)15-16-12(19)10-3-5-14-6-4-10/h10,14H,3-9H2,1-2H3. The van der Waals surface area contributed by atoms with Crippen molar-refractivity contribution >= 4 is 6.03 Å². The first-order valence-corrected chi connectivity index (χ1v) is 7.25. The molecule has 110 valence electrons. The molecule has 1 N–H and O–H groups in total. The molecular formula is C13H22N6O. The van der Waals surface area contributed by atoms with E-state index in [2.05, 4.69) is 20.1 Å². The first-order chi connectivity index (χ1) is 9.66. The lowest BCUT2D eigenvalue weighted by molar-refractivity contribution is 0.156. The van der Waals surface area contributed by atoms with Gasteiger partial charge in [0.05, 0.1) is 6.54 Å². The fourth-order valence-corrected chi connectivity index (χ4v) is 3.01. The summed E-state index contributed by atoms with van der Waals surface area (Å²) in [7, 11) is 3.56. The largest absolute Gasteiger partial charge is 0.331 e. The highest BCUT2D eigenvalue weighted by Gasteiger charge is 2.28. The zero-order valence-corrected chi connectivity index (χ0v) is 12.2. The molecule has 1 aromatic rings. The van der Waals surface area contributed by atoms with E-state index in [1.807, 2.05) is 4.90 Å². The number of hydrogen-bond acceptors (Lipinski definition) is 4. The van der Waals surface area contributed by atoms with Crippen LogP contribution in [0.15, 0.2) is 0 Å². The Labute approximate surface area is 118 Å². The number of rotatable bonds is 1. The first-order valence-electron chi connectivity index (χ1n) is 7.25. The van der Waals surface area contributed by atoms with Crippen molar-refractivity contribution in [1.29, 1.82) is 0 Å². The maximum absolute atomic E-state index is 12.0. The van der Waals surface area contributed by atoms with Crippen LogP contribution < -0.4 is 5.32 Å². The second kappa shape index (κ2) is 5.40. The van der Waals surface area contributed by atoms with Crippen molar-refractivity contribution in [2.45, 2.75) is 31.8 Å². The number of nitrogens with one attached hydrogen (secondary N) is 1. The molecule has 0 radical (unpaired) electrons. The third-order valence-electron chi connectivity index (χ3n) is 4.14. The lowest BCUT2D eigenvalue weighted by Gasteiger charge is -2.31. The summed E-state index contributed by atoms with van der Waals surface area (Å²) in [6, 6.07) is 0.0441. The Morgan fingerprint density at radius 1 is 1.25 bits per heavy atom. The van der Waals surface area contributed by atoms with Gasteiger partial charge in [-0.25, -0.2) is 4.79 Å². The maximum atomic E-state index is 12.0. The van der Waals surface area contributed by atoms with Crippen LogP contribution in [0.25, 0.3) is 0 Å². The van der Waals surface area contributed by atoms with E-state index in [1.54, 1.807) is 19.0 Å². The predicted molar refractivity (Wildman–Crippen MR) is 74.4 cm³/mol. The Bertz CT molecular complexity index is 491. The number of amides is 2. The second-order valence-corrected chi connectivity index (χ2v) is 5.75. The summed E-state index contributed by atoms with van der Waals surface area (Å²) in [6.07, 6.45) is 2.25. The van der Waals surface area contributed by atoms with E-state index in [0.717, 1.165) is 50.7 Å². The monoisotopic (exact) mass is 278 g/mol. The third-order valence-corrected chi connectivity index (χ3v) is 4.14. The quantitative estimate of drug-likeness (QED) is 0.799. The Kier molecular flexibility index (Phi) is 3.60. The molecule has 2 amide bonds. The zero-order valence-electron chi connectivity index (χ0n) is 12.2. The number of fused-ring (bicyclic) bond motifs is 1. The number of urea groups is 1. The van der Waals surface area contributed by atoms with Gasteiger partial charge in [0.2, 0.25) is 0 Å². The Morgan fingerprint density at radius 2 is 2.00 bits per heavy atom. The minimum absolute atomic E-state index is 0.0441. The summed E-state index contributed by atoms with van der Waals surface area (Å²) >= 11 is 0. The molecule has 0 atom stereocenters. The average Bonchev–Trinajstić information content (AvgIpc) is 2.90. The van der Waals surface area contributed by atoms with Crippen LogP contribution in [0.5, 0.6) is 0 Å². The summed E-state index contributed by atoms with van der Waals surface area (Å²) in [4.78, 5) is 15.4. The van der Waals surface area contributed by atoms with Gasteiger partial charge in [-0.3, -0.25) is 0 Å². The minimum Gasteiger partial charge on any atom is -0.331 e. The molecule has 0 aromatic carbocycles. The number of piperidine rings is 1. The van der Waals surface area contributed by atoms with Gasteiger partial charge in [0.15, 0.2) is 5.82 Å². The molecule has 0 aliphatic carbocycles. The number of carbonyl (C=O) groups excluding carboxylic acids is 1. The van der Waals surface area contributed by atoms with Crippen molar-refractivity contribution in [2.75, 3.05) is 33.7 Å². The molecule has 2 aliphatic heterocycles. The van der Waals surface area contributed by atoms with Crippen LogP contribution in [-0.2, 0) is 13.1 Å². The summed E-state index contributed by atoms with van der Waals surface area (Å²) in [5.74, 6) is 2.53. The van der Waals surface area contributed by atoms with E-state index >= 15 is 0 Å². The molecule has 3 rings (SSSR count). The van der Waals surface area contributed by atoms with Crippen molar-refractivity contribution in [3.05, 3.63) is 11.6 Å². The molecule has 0 unspecified atom stereocenters. The van der Waals surface area contributed by atoms with E-state index in [4.69, 9.17) is 0 Å². The second-order valence-electron chi connectivity index (χ2n) is 5.75. The van der Waals surface area contributed by atoms with Crippen LogP contribution in [-0.4, -0.2) is 64.3 Å². The molecule has 1 aromatic heterocycles. The highest BCUT2D eigenvalue weighted by Crippen LogP contribution is 2.26. The molecule has 2 aliphatic rings. The van der Waals surface area contributed by atoms with Crippen molar-refractivity contribution < 1.29 is 4.79 Å². The van der Waals surface area contributed by atoms with E-state index in [-0.39, 0.29) is 6.03 Å². The Hall–Kier alpha value is -1.63. The molecule has 1 fully saturated rings. The van der Waals surface area contributed by atoms with Crippen LogP contribution in [0.2, 0.25) is 0 Å². The maximum Gasteiger partial charge on any atom is 0.319 e. The van der Waals surface area contributed by atoms with E-state index in [0.29, 0.717) is 12.5 Å². The van der Waals surface area contributed by atoms with Crippen LogP contribution in [0.1, 0.15) is 30.4 Å². The smallest absolute Gasteiger partial charge is 0.319 e. The highest BCUT2D eigenvalue weighted by atomic mass is 16.2. The topological polar surface area (TPSA) is 66.3 Å². The first kappa shape index (κ1) is 13.4. The molecule has 7 heteroatoms. The van der Waals surface area contributed by atoms with Crippen molar-refractivity contribution in [3.63, 3.8) is 0 Å². The fourth-order valence-electron chi connectivity index (χ4n) is 3.01. The number of aromatic nitrogens is 3. The van der Waals surface area contributed by atoms with E-state index < -0.39 is 0 Å². The van der Waals surface area contributed by atoms with Gasteiger partial charge in [0.25, 0.3) is 0 Å². The van der Waals surface area contributed by atoms with Crippen LogP contribution in [0.3, 0.4) is 0 Å². The number of carbonyl (C=O) groups is 1. The summed E-state index contributed by atoms with van der Waals surface area (Å²) in [6.45, 7) is 4.21. The molecule has 0 bridgehead atoms. The highest BCUT2D eigenvalue weighted by molar-refractivity contribution is 5.73. The lowest BCUT2D eigenvalue weighted by atomic mass is 9.97.